The number of nitrogens with zero attached hydrogens (tertiary/aromatic N) is 1. The van der Waals surface area contributed by atoms with E-state index in [0.29, 0.717) is 4.13 Å². The summed E-state index contributed by atoms with van der Waals surface area (Å²) >= 11 is 0. The molecule has 10 nitrogen and oxygen atoms in total. The van der Waals surface area contributed by atoms with Crippen LogP contribution < -0.4 is 4.13 Å². The molecule has 15 heteroatoms. The fourth-order valence-electron chi connectivity index (χ4n) is 2.87. The molecule has 5 atom stereocenters. The molecule has 0 saturated carbocycles. The summed E-state index contributed by atoms with van der Waals surface area (Å²) in [4.78, 5) is 14.9. The van der Waals surface area contributed by atoms with Gasteiger partial charge in [-0.2, -0.15) is 21.6 Å². The number of alkyl halides is 3. The molecule has 0 aromatic heterocycles. The largest absolute Gasteiger partial charge is 0.512 e. The zero-order chi connectivity index (χ0) is 18.1. The summed E-state index contributed by atoms with van der Waals surface area (Å²) in [6.07, 6.45) is -5.42. The van der Waals surface area contributed by atoms with E-state index < -0.39 is 61.8 Å². The maximum absolute atomic E-state index is 12.2. The molecule has 3 aliphatic rings. The van der Waals surface area contributed by atoms with Gasteiger partial charge in [-0.05, 0) is 0 Å². The predicted octanol–water partition coefficient (Wildman–Crippen LogP) is -1.19. The molecule has 0 amide bonds. The SMILES string of the molecule is [C-]#[N+]C12CC3OC1C(OC2=O)C3OS(=O)(=O)NS(=O)(=O)C(F)(F)F. The molecule has 1 N–H and O–H groups in total. The summed E-state index contributed by atoms with van der Waals surface area (Å²) in [5.41, 5.74) is -7.50. The van der Waals surface area contributed by atoms with Crippen molar-refractivity contribution in [3.8, 4) is 0 Å². The van der Waals surface area contributed by atoms with Crippen molar-refractivity contribution in [2.24, 2.45) is 0 Å². The van der Waals surface area contributed by atoms with Gasteiger partial charge in [0.2, 0.25) is 0 Å². The zero-order valence-corrected chi connectivity index (χ0v) is 12.8. The fraction of sp³-hybridized carbons (Fsp3) is 0.778. The standard InChI is InChI=1S/C9H7F3N2O8S2/c1-13-8-2-3-4(5(6(8)20-3)21-7(8)15)22-24(18,19)14-23(16,17)9(10,11)12/h3-6,14H,2H2. The number of nitrogens with one attached hydrogen (secondary N) is 1. The Labute approximate surface area is 133 Å². The Morgan fingerprint density at radius 1 is 1.33 bits per heavy atom. The van der Waals surface area contributed by atoms with Crippen LogP contribution >= 0.6 is 0 Å². The number of sulfonamides is 1. The lowest BCUT2D eigenvalue weighted by Crippen LogP contribution is -2.49. The Balaban J connectivity index is 1.80. The molecule has 0 aliphatic carbocycles. The first-order valence-corrected chi connectivity index (χ1v) is 9.00. The van der Waals surface area contributed by atoms with E-state index in [1.54, 1.807) is 0 Å². The number of fused-ring (bicyclic) bond motifs is 1. The van der Waals surface area contributed by atoms with Crippen LogP contribution in [-0.2, 0) is 38.8 Å². The van der Waals surface area contributed by atoms with Crippen LogP contribution in [0.2, 0.25) is 0 Å². The molecule has 134 valence electrons. The molecular formula is C9H7F3N2O8S2. The summed E-state index contributed by atoms with van der Waals surface area (Å²) in [6.45, 7) is 7.06. The van der Waals surface area contributed by atoms with Crippen molar-refractivity contribution < 1.29 is 48.5 Å². The van der Waals surface area contributed by atoms with Gasteiger partial charge >= 0.3 is 37.3 Å². The van der Waals surface area contributed by atoms with Crippen molar-refractivity contribution in [2.45, 2.75) is 41.9 Å². The van der Waals surface area contributed by atoms with Crippen LogP contribution in [0.1, 0.15) is 6.42 Å². The van der Waals surface area contributed by atoms with E-state index in [4.69, 9.17) is 16.0 Å². The molecule has 0 aromatic rings. The van der Waals surface area contributed by atoms with Crippen LogP contribution in [0.25, 0.3) is 4.85 Å². The number of carbonyl (C=O) groups is 1. The van der Waals surface area contributed by atoms with Crippen molar-refractivity contribution in [3.05, 3.63) is 11.4 Å². The van der Waals surface area contributed by atoms with Gasteiger partial charge in [0.05, 0.1) is 12.5 Å². The van der Waals surface area contributed by atoms with E-state index in [1.165, 1.54) is 0 Å². The Morgan fingerprint density at radius 3 is 2.50 bits per heavy atom. The summed E-state index contributed by atoms with van der Waals surface area (Å²) in [7, 11) is -11.6. The third kappa shape index (κ3) is 2.29. The second-order valence-corrected chi connectivity index (χ2v) is 8.49. The van der Waals surface area contributed by atoms with Gasteiger partial charge in [0.1, 0.15) is 6.10 Å². The summed E-state index contributed by atoms with van der Waals surface area (Å²) in [5.74, 6) is -0.950. The molecule has 0 radical (unpaired) electrons. The van der Waals surface area contributed by atoms with Crippen molar-refractivity contribution >= 4 is 26.3 Å². The van der Waals surface area contributed by atoms with Crippen molar-refractivity contribution in [2.75, 3.05) is 0 Å². The van der Waals surface area contributed by atoms with Gasteiger partial charge in [-0.1, -0.05) is 4.13 Å². The van der Waals surface area contributed by atoms with E-state index in [-0.39, 0.29) is 6.42 Å². The van der Waals surface area contributed by atoms with E-state index >= 15 is 0 Å². The lowest BCUT2D eigenvalue weighted by atomic mass is 9.82. The average Bonchev–Trinajstić information content (AvgIpc) is 2.98. The van der Waals surface area contributed by atoms with Crippen LogP contribution in [0.3, 0.4) is 0 Å². The molecule has 3 saturated heterocycles. The highest BCUT2D eigenvalue weighted by atomic mass is 32.3. The molecule has 0 spiro atoms. The Kier molecular flexibility index (Phi) is 3.46. The van der Waals surface area contributed by atoms with E-state index in [0.717, 1.165) is 0 Å². The number of hydrogen-bond acceptors (Lipinski definition) is 8. The fourth-order valence-corrected chi connectivity index (χ4v) is 5.01. The minimum absolute atomic E-state index is 0.275. The maximum Gasteiger partial charge on any atom is 0.512 e. The molecule has 3 fully saturated rings. The lowest BCUT2D eigenvalue weighted by molar-refractivity contribution is -0.145. The Hall–Kier alpha value is -1.47. The summed E-state index contributed by atoms with van der Waals surface area (Å²) < 4.78 is 96.4. The number of ether oxygens (including phenoxy) is 2. The third-order valence-corrected chi connectivity index (χ3v) is 6.62. The lowest BCUT2D eigenvalue weighted by Gasteiger charge is -2.22. The number of rotatable bonds is 4. The van der Waals surface area contributed by atoms with Gasteiger partial charge in [-0.3, -0.25) is 4.85 Å². The van der Waals surface area contributed by atoms with Gasteiger partial charge in [0.25, 0.3) is 0 Å². The molecule has 0 aromatic carbocycles. The number of halogens is 3. The van der Waals surface area contributed by atoms with E-state index in [2.05, 4.69) is 9.03 Å². The van der Waals surface area contributed by atoms with Gasteiger partial charge < -0.3 is 9.47 Å². The molecule has 24 heavy (non-hydrogen) atoms. The van der Waals surface area contributed by atoms with Crippen molar-refractivity contribution in [1.29, 1.82) is 0 Å². The minimum atomic E-state index is -6.21. The maximum atomic E-state index is 12.2. The Morgan fingerprint density at radius 2 is 1.96 bits per heavy atom. The molecule has 2 bridgehead atoms. The van der Waals surface area contributed by atoms with E-state index in [1.807, 2.05) is 0 Å². The first-order valence-electron chi connectivity index (χ1n) is 6.11. The van der Waals surface area contributed by atoms with Gasteiger partial charge in [-0.15, -0.1) is 0 Å². The van der Waals surface area contributed by atoms with Gasteiger partial charge in [-0.25, -0.2) is 24.0 Å². The highest BCUT2D eigenvalue weighted by Gasteiger charge is 2.79. The highest BCUT2D eigenvalue weighted by molar-refractivity contribution is 8.03. The topological polar surface area (TPSA) is 129 Å². The second kappa shape index (κ2) is 4.79. The highest BCUT2D eigenvalue weighted by Crippen LogP contribution is 2.52. The predicted molar refractivity (Wildman–Crippen MR) is 64.4 cm³/mol. The third-order valence-electron chi connectivity index (χ3n) is 3.84. The summed E-state index contributed by atoms with van der Waals surface area (Å²) in [5, 5.41) is 0. The van der Waals surface area contributed by atoms with Crippen LogP contribution in [-0.4, -0.2) is 58.3 Å². The Bertz CT molecular complexity index is 847. The number of hydrogen-bond donors (Lipinski definition) is 1. The van der Waals surface area contributed by atoms with Crippen LogP contribution in [0, 0.1) is 6.57 Å². The van der Waals surface area contributed by atoms with Crippen molar-refractivity contribution in [3.63, 3.8) is 0 Å². The quantitative estimate of drug-likeness (QED) is 0.467. The zero-order valence-electron chi connectivity index (χ0n) is 11.2. The number of esters is 1. The van der Waals surface area contributed by atoms with E-state index in [9.17, 15) is 34.8 Å². The molecule has 3 heterocycles. The van der Waals surface area contributed by atoms with Gasteiger partial charge in [0, 0.05) is 0 Å². The van der Waals surface area contributed by atoms with Crippen LogP contribution in [0.4, 0.5) is 13.2 Å². The first kappa shape index (κ1) is 17.4. The number of carbonyl (C=O) groups excluding carboxylic acids is 1. The van der Waals surface area contributed by atoms with Crippen LogP contribution in [0.15, 0.2) is 0 Å². The minimum Gasteiger partial charge on any atom is -0.450 e. The normalized spacial score (nSPS) is 38.2. The average molecular weight is 392 g/mol. The molecule has 3 rings (SSSR count). The summed E-state index contributed by atoms with van der Waals surface area (Å²) in [6, 6.07) is 0. The smallest absolute Gasteiger partial charge is 0.450 e. The monoisotopic (exact) mass is 392 g/mol. The molecular weight excluding hydrogens is 385 g/mol. The van der Waals surface area contributed by atoms with Gasteiger partial charge in [0.15, 0.2) is 12.2 Å². The molecule has 5 unspecified atom stereocenters. The second-order valence-electron chi connectivity index (χ2n) is 5.25. The van der Waals surface area contributed by atoms with Crippen LogP contribution in [0.5, 0.6) is 0 Å². The first-order chi connectivity index (χ1) is 10.8. The van der Waals surface area contributed by atoms with Crippen molar-refractivity contribution in [1.82, 2.24) is 4.13 Å². The molecule has 3 aliphatic heterocycles.